The average Bonchev–Trinajstić information content (AvgIpc) is 2.47. The van der Waals surface area contributed by atoms with E-state index < -0.39 is 0 Å². The van der Waals surface area contributed by atoms with Crippen LogP contribution in [0, 0.1) is 0 Å². The standard InChI is InChI=1S/C16H24N2O2/c1-4-11-18(12-5-2)16(19)17-10-9-14-7-6-8-15(13-14)20-3/h6-10,13H,4-5,11-12H2,1-3H3,(H,17,19)/b10-9+. The molecule has 1 aromatic rings. The zero-order valence-corrected chi connectivity index (χ0v) is 12.6. The maximum atomic E-state index is 12.0. The fourth-order valence-corrected chi connectivity index (χ4v) is 1.90. The van der Waals surface area contributed by atoms with Crippen molar-refractivity contribution in [2.45, 2.75) is 26.7 Å². The normalized spacial score (nSPS) is 10.6. The lowest BCUT2D eigenvalue weighted by molar-refractivity contribution is 0.201. The highest BCUT2D eigenvalue weighted by Gasteiger charge is 2.08. The second-order valence-corrected chi connectivity index (χ2v) is 4.55. The Morgan fingerprint density at radius 1 is 1.30 bits per heavy atom. The maximum absolute atomic E-state index is 12.0. The van der Waals surface area contributed by atoms with E-state index in [1.165, 1.54) is 0 Å². The van der Waals surface area contributed by atoms with Gasteiger partial charge in [0.25, 0.3) is 0 Å². The third kappa shape index (κ3) is 5.34. The van der Waals surface area contributed by atoms with Crippen LogP contribution < -0.4 is 10.1 Å². The van der Waals surface area contributed by atoms with Crippen molar-refractivity contribution in [1.29, 1.82) is 0 Å². The van der Waals surface area contributed by atoms with Gasteiger partial charge >= 0.3 is 6.03 Å². The molecule has 0 fully saturated rings. The smallest absolute Gasteiger partial charge is 0.321 e. The first-order chi connectivity index (χ1) is 9.71. The number of ether oxygens (including phenoxy) is 1. The first-order valence-electron chi connectivity index (χ1n) is 7.07. The molecule has 0 spiro atoms. The van der Waals surface area contributed by atoms with Gasteiger partial charge in [-0.3, -0.25) is 0 Å². The van der Waals surface area contributed by atoms with Crippen LogP contribution in [0.15, 0.2) is 30.5 Å². The van der Waals surface area contributed by atoms with E-state index in [9.17, 15) is 4.79 Å². The van der Waals surface area contributed by atoms with Gasteiger partial charge in [-0.05, 0) is 36.6 Å². The molecule has 20 heavy (non-hydrogen) atoms. The lowest BCUT2D eigenvalue weighted by Gasteiger charge is -2.20. The van der Waals surface area contributed by atoms with Crippen LogP contribution in [0.1, 0.15) is 32.3 Å². The van der Waals surface area contributed by atoms with Gasteiger partial charge in [0.1, 0.15) is 5.75 Å². The molecule has 0 unspecified atom stereocenters. The summed E-state index contributed by atoms with van der Waals surface area (Å²) >= 11 is 0. The number of hydrogen-bond acceptors (Lipinski definition) is 2. The zero-order chi connectivity index (χ0) is 14.8. The van der Waals surface area contributed by atoms with Crippen LogP contribution in [0.2, 0.25) is 0 Å². The molecular formula is C16H24N2O2. The Kier molecular flexibility index (Phi) is 7.25. The molecule has 0 saturated carbocycles. The minimum Gasteiger partial charge on any atom is -0.497 e. The summed E-state index contributed by atoms with van der Waals surface area (Å²) in [5.41, 5.74) is 0.988. The van der Waals surface area contributed by atoms with Gasteiger partial charge in [-0.15, -0.1) is 0 Å². The summed E-state index contributed by atoms with van der Waals surface area (Å²) in [5.74, 6) is 0.803. The number of amides is 2. The lowest BCUT2D eigenvalue weighted by atomic mass is 10.2. The van der Waals surface area contributed by atoms with E-state index in [1.54, 1.807) is 13.3 Å². The zero-order valence-electron chi connectivity index (χ0n) is 12.6. The van der Waals surface area contributed by atoms with Crippen LogP contribution in [-0.2, 0) is 0 Å². The molecule has 0 radical (unpaired) electrons. The first kappa shape index (κ1) is 16.1. The van der Waals surface area contributed by atoms with Crippen LogP contribution in [0.4, 0.5) is 4.79 Å². The summed E-state index contributed by atoms with van der Waals surface area (Å²) in [4.78, 5) is 13.8. The van der Waals surface area contributed by atoms with Gasteiger partial charge in [-0.25, -0.2) is 4.79 Å². The molecule has 0 saturated heterocycles. The molecule has 0 aliphatic carbocycles. The van der Waals surface area contributed by atoms with E-state index >= 15 is 0 Å². The van der Waals surface area contributed by atoms with Gasteiger partial charge in [0.05, 0.1) is 7.11 Å². The number of carbonyl (C=O) groups is 1. The number of nitrogens with zero attached hydrogens (tertiary/aromatic N) is 1. The Balaban J connectivity index is 2.55. The Morgan fingerprint density at radius 2 is 2.00 bits per heavy atom. The molecule has 1 rings (SSSR count). The van der Waals surface area contributed by atoms with Gasteiger partial charge < -0.3 is 15.0 Å². The molecule has 2 amide bonds. The van der Waals surface area contributed by atoms with Crippen LogP contribution in [0.25, 0.3) is 6.08 Å². The molecule has 0 atom stereocenters. The maximum Gasteiger partial charge on any atom is 0.321 e. The predicted molar refractivity (Wildman–Crippen MR) is 82.7 cm³/mol. The van der Waals surface area contributed by atoms with Crippen molar-refractivity contribution in [2.75, 3.05) is 20.2 Å². The van der Waals surface area contributed by atoms with E-state index in [-0.39, 0.29) is 6.03 Å². The minimum atomic E-state index is -0.0483. The van der Waals surface area contributed by atoms with E-state index in [0.29, 0.717) is 0 Å². The van der Waals surface area contributed by atoms with Crippen molar-refractivity contribution in [1.82, 2.24) is 10.2 Å². The summed E-state index contributed by atoms with van der Waals surface area (Å²) in [5, 5.41) is 2.80. The summed E-state index contributed by atoms with van der Waals surface area (Å²) in [6.07, 6.45) is 5.46. The molecule has 0 aliphatic heterocycles. The van der Waals surface area contributed by atoms with Crippen molar-refractivity contribution in [3.63, 3.8) is 0 Å². The number of nitrogens with one attached hydrogen (secondary N) is 1. The summed E-state index contributed by atoms with van der Waals surface area (Å²) in [6, 6.07) is 7.63. The highest BCUT2D eigenvalue weighted by atomic mass is 16.5. The monoisotopic (exact) mass is 276 g/mol. The van der Waals surface area contributed by atoms with E-state index in [1.807, 2.05) is 35.2 Å². The topological polar surface area (TPSA) is 41.6 Å². The predicted octanol–water partition coefficient (Wildman–Crippen LogP) is 3.50. The highest BCUT2D eigenvalue weighted by molar-refractivity contribution is 5.76. The van der Waals surface area contributed by atoms with Gasteiger partial charge in [0.15, 0.2) is 0 Å². The Hall–Kier alpha value is -1.97. The SMILES string of the molecule is CCCN(CCC)C(=O)N/C=C/c1cccc(OC)c1. The van der Waals surface area contributed by atoms with Gasteiger partial charge in [0.2, 0.25) is 0 Å². The van der Waals surface area contributed by atoms with Crippen molar-refractivity contribution < 1.29 is 9.53 Å². The second-order valence-electron chi connectivity index (χ2n) is 4.55. The van der Waals surface area contributed by atoms with Crippen LogP contribution in [0.5, 0.6) is 5.75 Å². The highest BCUT2D eigenvalue weighted by Crippen LogP contribution is 2.13. The molecule has 110 valence electrons. The average molecular weight is 276 g/mol. The van der Waals surface area contributed by atoms with Gasteiger partial charge in [-0.1, -0.05) is 26.0 Å². The van der Waals surface area contributed by atoms with Gasteiger partial charge in [-0.2, -0.15) is 0 Å². The fourth-order valence-electron chi connectivity index (χ4n) is 1.90. The number of rotatable bonds is 7. The quantitative estimate of drug-likeness (QED) is 0.828. The van der Waals surface area contributed by atoms with Crippen LogP contribution in [0.3, 0.4) is 0 Å². The van der Waals surface area contributed by atoms with Gasteiger partial charge in [0, 0.05) is 19.3 Å². The Morgan fingerprint density at radius 3 is 2.60 bits per heavy atom. The number of urea groups is 1. The number of methoxy groups -OCH3 is 1. The van der Waals surface area contributed by atoms with E-state index in [0.717, 1.165) is 37.2 Å². The van der Waals surface area contributed by atoms with Crippen molar-refractivity contribution in [3.8, 4) is 5.75 Å². The molecule has 4 heteroatoms. The number of carbonyl (C=O) groups excluding carboxylic acids is 1. The molecule has 0 aromatic heterocycles. The molecule has 1 N–H and O–H groups in total. The minimum absolute atomic E-state index is 0.0483. The van der Waals surface area contributed by atoms with Crippen LogP contribution >= 0.6 is 0 Å². The lowest BCUT2D eigenvalue weighted by Crippen LogP contribution is -2.38. The van der Waals surface area contributed by atoms with Crippen LogP contribution in [-0.4, -0.2) is 31.1 Å². The molecule has 0 aliphatic rings. The molecule has 0 heterocycles. The summed E-state index contributed by atoms with van der Waals surface area (Å²) in [6.45, 7) is 5.71. The summed E-state index contributed by atoms with van der Waals surface area (Å²) < 4.78 is 5.15. The van der Waals surface area contributed by atoms with Crippen molar-refractivity contribution >= 4 is 12.1 Å². The number of benzene rings is 1. The summed E-state index contributed by atoms with van der Waals surface area (Å²) in [7, 11) is 1.64. The van der Waals surface area contributed by atoms with Crippen molar-refractivity contribution in [2.24, 2.45) is 0 Å². The first-order valence-corrected chi connectivity index (χ1v) is 7.07. The molecule has 0 bridgehead atoms. The fraction of sp³-hybridized carbons (Fsp3) is 0.438. The second kappa shape index (κ2) is 9.02. The molecular weight excluding hydrogens is 252 g/mol. The largest absolute Gasteiger partial charge is 0.497 e. The Bertz CT molecular complexity index is 438. The van der Waals surface area contributed by atoms with E-state index in [4.69, 9.17) is 4.74 Å². The Labute approximate surface area is 121 Å². The molecule has 1 aromatic carbocycles. The third-order valence-corrected chi connectivity index (χ3v) is 2.85. The van der Waals surface area contributed by atoms with Crippen molar-refractivity contribution in [3.05, 3.63) is 36.0 Å². The van der Waals surface area contributed by atoms with E-state index in [2.05, 4.69) is 19.2 Å². The molecule has 4 nitrogen and oxygen atoms in total. The third-order valence-electron chi connectivity index (χ3n) is 2.85. The number of hydrogen-bond donors (Lipinski definition) is 1.